The summed E-state index contributed by atoms with van der Waals surface area (Å²) in [4.78, 5) is 25.9. The first-order valence-electron chi connectivity index (χ1n) is 14.8. The van der Waals surface area contributed by atoms with Crippen molar-refractivity contribution in [1.29, 1.82) is 0 Å². The Labute approximate surface area is 230 Å². The highest BCUT2D eigenvalue weighted by Crippen LogP contribution is 2.69. The molecule has 39 heavy (non-hydrogen) atoms. The molecule has 4 aliphatic carbocycles. The number of rotatable bonds is 4. The monoisotopic (exact) mass is 548 g/mol. The van der Waals surface area contributed by atoms with Crippen LogP contribution >= 0.6 is 0 Å². The van der Waals surface area contributed by atoms with Crippen LogP contribution in [0.3, 0.4) is 0 Å². The Balaban J connectivity index is 1.21. The van der Waals surface area contributed by atoms with Crippen LogP contribution in [-0.4, -0.2) is 83.2 Å². The molecule has 0 aromatic carbocycles. The predicted octanol–water partition coefficient (Wildman–Crippen LogP) is 2.29. The number of aliphatic hydroxyl groups is 3. The highest BCUT2D eigenvalue weighted by atomic mass is 16.7. The molecule has 0 aromatic heterocycles. The summed E-state index contributed by atoms with van der Waals surface area (Å²) < 4.78 is 23.0. The number of hydrogen-bond acceptors (Lipinski definition) is 9. The Kier molecular flexibility index (Phi) is 6.84. The summed E-state index contributed by atoms with van der Waals surface area (Å²) >= 11 is 0. The van der Waals surface area contributed by atoms with Gasteiger partial charge < -0.3 is 34.3 Å². The summed E-state index contributed by atoms with van der Waals surface area (Å²) in [5, 5.41) is 34.3. The molecular formula is C30H44O9. The molecule has 0 amide bonds. The fourth-order valence-electron chi connectivity index (χ4n) is 9.86. The molecule has 218 valence electrons. The van der Waals surface area contributed by atoms with E-state index in [4.69, 9.17) is 18.9 Å². The van der Waals surface area contributed by atoms with Crippen molar-refractivity contribution in [2.75, 3.05) is 13.7 Å². The average Bonchev–Trinajstić information content (AvgIpc) is 3.45. The Hall–Kier alpha value is -1.36. The molecule has 6 rings (SSSR count). The summed E-state index contributed by atoms with van der Waals surface area (Å²) in [7, 11) is 1.59. The minimum atomic E-state index is -1.23. The fraction of sp³-hybridized carbons (Fsp3) is 0.867. The number of esters is 1. The van der Waals surface area contributed by atoms with Gasteiger partial charge in [0.1, 0.15) is 18.8 Å². The van der Waals surface area contributed by atoms with Crippen molar-refractivity contribution in [2.45, 2.75) is 115 Å². The molecule has 2 heterocycles. The number of hydrogen-bond donors (Lipinski definition) is 3. The molecule has 5 fully saturated rings. The Bertz CT molecular complexity index is 1040. The number of ketones is 1. The number of carbonyl (C=O) groups excluding carboxylic acids is 2. The minimum absolute atomic E-state index is 0.0166. The van der Waals surface area contributed by atoms with Crippen LogP contribution in [0.4, 0.5) is 0 Å². The van der Waals surface area contributed by atoms with Gasteiger partial charge in [-0.2, -0.15) is 0 Å². The second kappa shape index (κ2) is 9.60. The lowest BCUT2D eigenvalue weighted by Gasteiger charge is -2.64. The molecule has 13 atom stereocenters. The molecular weight excluding hydrogens is 504 g/mol. The molecule has 1 saturated heterocycles. The van der Waals surface area contributed by atoms with Gasteiger partial charge in [-0.1, -0.05) is 6.92 Å². The van der Waals surface area contributed by atoms with Gasteiger partial charge in [0, 0.05) is 25.5 Å². The maximum atomic E-state index is 14.1. The zero-order valence-electron chi connectivity index (χ0n) is 23.5. The van der Waals surface area contributed by atoms with Gasteiger partial charge in [0.2, 0.25) is 0 Å². The van der Waals surface area contributed by atoms with Crippen LogP contribution in [0.5, 0.6) is 0 Å². The number of fused-ring (bicyclic) bond motifs is 5. The van der Waals surface area contributed by atoms with Crippen LogP contribution in [0, 0.1) is 34.5 Å². The summed E-state index contributed by atoms with van der Waals surface area (Å²) in [6, 6.07) is 0. The Morgan fingerprint density at radius 1 is 1.05 bits per heavy atom. The maximum Gasteiger partial charge on any atom is 0.331 e. The molecule has 2 aliphatic heterocycles. The largest absolute Gasteiger partial charge is 0.458 e. The van der Waals surface area contributed by atoms with Crippen molar-refractivity contribution < 1.29 is 43.9 Å². The van der Waals surface area contributed by atoms with E-state index in [1.54, 1.807) is 7.11 Å². The molecule has 0 bridgehead atoms. The molecule has 0 aromatic rings. The lowest BCUT2D eigenvalue weighted by Crippen LogP contribution is -2.70. The summed E-state index contributed by atoms with van der Waals surface area (Å²) in [6.07, 6.45) is 4.01. The topological polar surface area (TPSA) is 132 Å². The Morgan fingerprint density at radius 2 is 1.82 bits per heavy atom. The number of aliphatic hydroxyl groups excluding tert-OH is 2. The van der Waals surface area contributed by atoms with E-state index in [0.717, 1.165) is 37.7 Å². The molecule has 0 unspecified atom stereocenters. The van der Waals surface area contributed by atoms with E-state index in [1.165, 1.54) is 6.08 Å². The van der Waals surface area contributed by atoms with Gasteiger partial charge in [0.05, 0.1) is 29.3 Å². The third-order valence-corrected chi connectivity index (χ3v) is 12.1. The van der Waals surface area contributed by atoms with E-state index in [0.29, 0.717) is 19.3 Å². The van der Waals surface area contributed by atoms with E-state index >= 15 is 0 Å². The lowest BCUT2D eigenvalue weighted by atomic mass is 9.42. The minimum Gasteiger partial charge on any atom is -0.458 e. The van der Waals surface area contributed by atoms with Crippen molar-refractivity contribution in [2.24, 2.45) is 34.5 Å². The summed E-state index contributed by atoms with van der Waals surface area (Å²) in [6.45, 7) is 5.99. The number of carbonyl (C=O) groups is 2. The van der Waals surface area contributed by atoms with E-state index in [-0.39, 0.29) is 59.8 Å². The van der Waals surface area contributed by atoms with Gasteiger partial charge in [-0.15, -0.1) is 0 Å². The van der Waals surface area contributed by atoms with Crippen molar-refractivity contribution in [3.63, 3.8) is 0 Å². The fourth-order valence-corrected chi connectivity index (χ4v) is 9.86. The van der Waals surface area contributed by atoms with Crippen LogP contribution in [0.1, 0.15) is 72.1 Å². The highest BCUT2D eigenvalue weighted by molar-refractivity contribution is 5.93. The number of ether oxygens (including phenoxy) is 4. The van der Waals surface area contributed by atoms with Crippen molar-refractivity contribution in [3.05, 3.63) is 11.6 Å². The van der Waals surface area contributed by atoms with Gasteiger partial charge >= 0.3 is 5.97 Å². The molecule has 9 heteroatoms. The molecule has 9 nitrogen and oxygen atoms in total. The first-order valence-corrected chi connectivity index (χ1v) is 14.8. The third kappa shape index (κ3) is 3.94. The van der Waals surface area contributed by atoms with E-state index < -0.39 is 35.5 Å². The molecule has 6 aliphatic rings. The quantitative estimate of drug-likeness (QED) is 0.358. The first-order chi connectivity index (χ1) is 18.4. The van der Waals surface area contributed by atoms with Gasteiger partial charge in [-0.25, -0.2) is 4.79 Å². The van der Waals surface area contributed by atoms with E-state index in [1.807, 2.05) is 13.8 Å². The van der Waals surface area contributed by atoms with Crippen molar-refractivity contribution in [3.8, 4) is 0 Å². The van der Waals surface area contributed by atoms with Crippen molar-refractivity contribution in [1.82, 2.24) is 0 Å². The second-order valence-electron chi connectivity index (χ2n) is 13.6. The van der Waals surface area contributed by atoms with Crippen LogP contribution < -0.4 is 0 Å². The molecule has 4 saturated carbocycles. The SMILES string of the molecule is CO[C@H]1C[C@H](O[C@H]2CC[C@@]3(C)[C@H](CC[C@@H]4[C@@H]3[C@H](O)C(=O)[C@]3(C)[C@@H](C5=CC(=O)OC5)CC[C@]43O)C2)O[C@@H](C)[C@H]1O. The van der Waals surface area contributed by atoms with Crippen LogP contribution in [0.25, 0.3) is 0 Å². The third-order valence-electron chi connectivity index (χ3n) is 12.1. The standard InChI is InChI=1S/C30H44O9/c1-15-25(32)21(36-4)13-23(38-15)39-18-7-9-28(2)17(12-18)5-6-20-24(28)26(33)27(34)29(3)19(8-10-30(20,29)35)16-11-22(31)37-14-16/h11,15,17-21,23-26,32-33,35H,5-10,12-14H2,1-4H3/t15-,17+,18-,19+,20+,21-,23-,24+,25+,26-,28-,29-,30-/m0/s1. The van der Waals surface area contributed by atoms with Gasteiger partial charge in [-0.3, -0.25) is 4.79 Å². The smallest absolute Gasteiger partial charge is 0.331 e. The van der Waals surface area contributed by atoms with Gasteiger partial charge in [-0.05, 0) is 87.5 Å². The molecule has 0 spiro atoms. The molecule has 0 radical (unpaired) electrons. The number of Topliss-reactive ketones (excluding diaryl/α,β-unsaturated/α-hetero) is 1. The lowest BCUT2D eigenvalue weighted by molar-refractivity contribution is -0.275. The molecule has 3 N–H and O–H groups in total. The Morgan fingerprint density at radius 3 is 2.51 bits per heavy atom. The van der Waals surface area contributed by atoms with Crippen LogP contribution in [0.2, 0.25) is 0 Å². The number of cyclic esters (lactones) is 1. The zero-order chi connectivity index (χ0) is 27.9. The van der Waals surface area contributed by atoms with Gasteiger partial charge in [0.25, 0.3) is 0 Å². The first kappa shape index (κ1) is 27.8. The predicted molar refractivity (Wildman–Crippen MR) is 138 cm³/mol. The zero-order valence-corrected chi connectivity index (χ0v) is 23.5. The highest BCUT2D eigenvalue weighted by Gasteiger charge is 2.73. The van der Waals surface area contributed by atoms with Gasteiger partial charge in [0.15, 0.2) is 12.1 Å². The van der Waals surface area contributed by atoms with Crippen LogP contribution in [0.15, 0.2) is 11.6 Å². The summed E-state index contributed by atoms with van der Waals surface area (Å²) in [5.74, 6) is -1.26. The average molecular weight is 549 g/mol. The van der Waals surface area contributed by atoms with E-state index in [9.17, 15) is 24.9 Å². The van der Waals surface area contributed by atoms with E-state index in [2.05, 4.69) is 6.92 Å². The normalized spacial score (nSPS) is 53.5. The number of methoxy groups -OCH3 is 1. The summed E-state index contributed by atoms with van der Waals surface area (Å²) in [5.41, 5.74) is -1.91. The second-order valence-corrected chi connectivity index (χ2v) is 13.6. The maximum absolute atomic E-state index is 14.1. The van der Waals surface area contributed by atoms with Crippen LogP contribution in [-0.2, 0) is 28.5 Å². The van der Waals surface area contributed by atoms with Crippen molar-refractivity contribution >= 4 is 11.8 Å².